The number of sulfonamides is 1. The smallest absolute Gasteiger partial charge is 0.285 e. The third-order valence-corrected chi connectivity index (χ3v) is 5.85. The maximum atomic E-state index is 12.5. The molecule has 1 aliphatic rings. The molecule has 0 saturated carbocycles. The molecule has 0 radical (unpaired) electrons. The lowest BCUT2D eigenvalue weighted by Crippen LogP contribution is -2.40. The maximum Gasteiger partial charge on any atom is 0.285 e. The molecule has 0 aromatic heterocycles. The van der Waals surface area contributed by atoms with Crippen LogP contribution in [0.2, 0.25) is 0 Å². The Balaban J connectivity index is 1.54. The molecule has 2 aromatic rings. The molecule has 8 nitrogen and oxygen atoms in total. The number of ether oxygens (including phenoxy) is 2. The van der Waals surface area contributed by atoms with Gasteiger partial charge in [-0.3, -0.25) is 4.79 Å². The summed E-state index contributed by atoms with van der Waals surface area (Å²) in [6.45, 7) is 0.720. The molecule has 0 atom stereocenters. The van der Waals surface area contributed by atoms with Crippen molar-refractivity contribution >= 4 is 21.8 Å². The van der Waals surface area contributed by atoms with Crippen LogP contribution in [-0.2, 0) is 14.8 Å². The Morgan fingerprint density at radius 3 is 2.38 bits per heavy atom. The molecule has 0 aliphatic carbocycles. The first-order valence-corrected chi connectivity index (χ1v) is 10.4. The third-order valence-electron chi connectivity index (χ3n) is 4.53. The summed E-state index contributed by atoms with van der Waals surface area (Å²) >= 11 is 0. The van der Waals surface area contributed by atoms with Crippen LogP contribution >= 0.6 is 0 Å². The van der Waals surface area contributed by atoms with Gasteiger partial charge in [0.2, 0.25) is 5.91 Å². The Morgan fingerprint density at radius 1 is 1.03 bits per heavy atom. The van der Waals surface area contributed by atoms with E-state index < -0.39 is 10.0 Å². The molecule has 0 unspecified atom stereocenters. The molecule has 1 aliphatic heterocycles. The fraction of sp³-hybridized carbons (Fsp3) is 0.300. The highest BCUT2D eigenvalue weighted by Crippen LogP contribution is 2.26. The molecule has 0 N–H and O–H groups in total. The van der Waals surface area contributed by atoms with E-state index in [1.54, 1.807) is 68.6 Å². The zero-order valence-electron chi connectivity index (χ0n) is 16.5. The highest BCUT2D eigenvalue weighted by atomic mass is 32.2. The summed E-state index contributed by atoms with van der Waals surface area (Å²) in [6.07, 6.45) is 0. The van der Waals surface area contributed by atoms with Gasteiger partial charge in [0.15, 0.2) is 5.84 Å². The highest BCUT2D eigenvalue weighted by molar-refractivity contribution is 7.90. The van der Waals surface area contributed by atoms with E-state index in [0.29, 0.717) is 24.5 Å². The van der Waals surface area contributed by atoms with Gasteiger partial charge in [0, 0.05) is 19.7 Å². The van der Waals surface area contributed by atoms with Gasteiger partial charge in [-0.25, -0.2) is 0 Å². The summed E-state index contributed by atoms with van der Waals surface area (Å²) in [7, 11) is 1.21. The number of rotatable bonds is 7. The molecule has 0 saturated heterocycles. The fourth-order valence-corrected chi connectivity index (χ4v) is 4.11. The number of fused-ring (bicyclic) bond motifs is 1. The maximum absolute atomic E-state index is 12.5. The number of hydrogen-bond acceptors (Lipinski definition) is 6. The van der Waals surface area contributed by atoms with E-state index in [4.69, 9.17) is 9.47 Å². The first-order valence-electron chi connectivity index (χ1n) is 8.98. The van der Waals surface area contributed by atoms with Gasteiger partial charge in [-0.2, -0.15) is 8.42 Å². The van der Waals surface area contributed by atoms with E-state index in [0.717, 1.165) is 5.75 Å². The number of nitrogens with zero attached hydrogens (tertiary/aromatic N) is 3. The molecule has 0 spiro atoms. The van der Waals surface area contributed by atoms with Gasteiger partial charge in [-0.1, -0.05) is 12.1 Å². The summed E-state index contributed by atoms with van der Waals surface area (Å²) in [4.78, 5) is 15.8. The van der Waals surface area contributed by atoms with Gasteiger partial charge in [-0.15, -0.1) is 4.40 Å². The summed E-state index contributed by atoms with van der Waals surface area (Å²) < 4.78 is 38.9. The van der Waals surface area contributed by atoms with Gasteiger partial charge in [-0.05, 0) is 36.4 Å². The van der Waals surface area contributed by atoms with Gasteiger partial charge < -0.3 is 19.3 Å². The Hall–Kier alpha value is -3.07. The second-order valence-corrected chi connectivity index (χ2v) is 8.15. The van der Waals surface area contributed by atoms with Crippen LogP contribution < -0.4 is 9.47 Å². The second-order valence-electron chi connectivity index (χ2n) is 6.58. The lowest BCUT2D eigenvalue weighted by Gasteiger charge is -2.23. The second kappa shape index (κ2) is 8.52. The van der Waals surface area contributed by atoms with Crippen molar-refractivity contribution in [3.05, 3.63) is 54.1 Å². The van der Waals surface area contributed by atoms with Crippen LogP contribution in [0, 0.1) is 0 Å². The standard InChI is InChI=1S/C20H23N3O5S/c1-22(12-13-28-16-10-8-15(27-3)9-11-16)19(24)14-23(2)20-17-6-4-5-7-18(17)29(25,26)21-20/h4-11H,12-14H2,1-3H3. The minimum Gasteiger partial charge on any atom is -0.497 e. The van der Waals surface area contributed by atoms with E-state index >= 15 is 0 Å². The number of methoxy groups -OCH3 is 1. The quantitative estimate of drug-likeness (QED) is 0.680. The van der Waals surface area contributed by atoms with Gasteiger partial charge in [0.05, 0.1) is 20.2 Å². The van der Waals surface area contributed by atoms with E-state index in [-0.39, 0.29) is 23.2 Å². The molecule has 2 aromatic carbocycles. The average Bonchev–Trinajstić information content (AvgIpc) is 3.00. The first kappa shape index (κ1) is 20.7. The Bertz CT molecular complexity index is 1020. The number of carbonyl (C=O) groups is 1. The number of carbonyl (C=O) groups excluding carboxylic acids is 1. The molecule has 29 heavy (non-hydrogen) atoms. The van der Waals surface area contributed by atoms with Crippen LogP contribution in [0.4, 0.5) is 0 Å². The molecule has 0 fully saturated rings. The van der Waals surface area contributed by atoms with E-state index in [2.05, 4.69) is 4.40 Å². The third kappa shape index (κ3) is 4.68. The largest absolute Gasteiger partial charge is 0.497 e. The number of hydrogen-bond donors (Lipinski definition) is 0. The predicted molar refractivity (Wildman–Crippen MR) is 109 cm³/mol. The Morgan fingerprint density at radius 2 is 1.69 bits per heavy atom. The van der Waals surface area contributed by atoms with Crippen LogP contribution in [0.15, 0.2) is 57.8 Å². The average molecular weight is 417 g/mol. The number of likely N-dealkylation sites (N-methyl/N-ethyl adjacent to an activating group) is 2. The normalized spacial score (nSPS) is 14.0. The van der Waals surface area contributed by atoms with Gasteiger partial charge in [0.1, 0.15) is 23.0 Å². The van der Waals surface area contributed by atoms with Crippen molar-refractivity contribution in [2.45, 2.75) is 4.90 Å². The van der Waals surface area contributed by atoms with Crippen molar-refractivity contribution < 1.29 is 22.7 Å². The predicted octanol–water partition coefficient (Wildman–Crippen LogP) is 1.61. The zero-order chi connectivity index (χ0) is 21.0. The minimum atomic E-state index is -3.71. The molecule has 0 bridgehead atoms. The highest BCUT2D eigenvalue weighted by Gasteiger charge is 2.31. The monoisotopic (exact) mass is 417 g/mol. The molecule has 3 rings (SSSR count). The molecule has 9 heteroatoms. The van der Waals surface area contributed by atoms with Gasteiger partial charge in [0.25, 0.3) is 10.0 Å². The molecular formula is C20H23N3O5S. The van der Waals surface area contributed by atoms with Crippen LogP contribution in [0.5, 0.6) is 11.5 Å². The van der Waals surface area contributed by atoms with Gasteiger partial charge >= 0.3 is 0 Å². The first-order chi connectivity index (χ1) is 13.8. The topological polar surface area (TPSA) is 88.5 Å². The van der Waals surface area contributed by atoms with E-state index in [1.807, 2.05) is 0 Å². The fourth-order valence-electron chi connectivity index (χ4n) is 2.86. The van der Waals surface area contributed by atoms with Crippen molar-refractivity contribution in [3.63, 3.8) is 0 Å². The summed E-state index contributed by atoms with van der Waals surface area (Å²) in [5, 5.41) is 0. The van der Waals surface area contributed by atoms with E-state index in [1.165, 1.54) is 11.0 Å². The summed E-state index contributed by atoms with van der Waals surface area (Å²) in [6, 6.07) is 13.8. The van der Waals surface area contributed by atoms with E-state index in [9.17, 15) is 13.2 Å². The zero-order valence-corrected chi connectivity index (χ0v) is 17.3. The lowest BCUT2D eigenvalue weighted by atomic mass is 10.2. The number of amidine groups is 1. The van der Waals surface area contributed by atoms with Crippen molar-refractivity contribution in [1.29, 1.82) is 0 Å². The van der Waals surface area contributed by atoms with Crippen molar-refractivity contribution in [2.75, 3.05) is 40.9 Å². The van der Waals surface area contributed by atoms with Crippen LogP contribution in [0.25, 0.3) is 0 Å². The molecule has 154 valence electrons. The van der Waals surface area contributed by atoms with Crippen LogP contribution in [-0.4, -0.2) is 70.9 Å². The summed E-state index contributed by atoms with van der Waals surface area (Å²) in [5.41, 5.74) is 0.508. The van der Waals surface area contributed by atoms with Crippen molar-refractivity contribution in [2.24, 2.45) is 4.40 Å². The van der Waals surface area contributed by atoms with Crippen LogP contribution in [0.1, 0.15) is 5.56 Å². The number of amides is 1. The molecule has 1 amide bonds. The molecule has 1 heterocycles. The Kier molecular flexibility index (Phi) is 6.07. The number of benzene rings is 2. The molecular weight excluding hydrogens is 394 g/mol. The SMILES string of the molecule is COc1ccc(OCCN(C)C(=O)CN(C)C2=NS(=O)(=O)c3ccccc32)cc1. The summed E-state index contributed by atoms with van der Waals surface area (Å²) in [5.74, 6) is 1.53. The Labute approximate surface area is 170 Å². The minimum absolute atomic E-state index is 0.00171. The van der Waals surface area contributed by atoms with Crippen LogP contribution in [0.3, 0.4) is 0 Å². The lowest BCUT2D eigenvalue weighted by molar-refractivity contribution is -0.130. The van der Waals surface area contributed by atoms with Crippen molar-refractivity contribution in [1.82, 2.24) is 9.80 Å². The van der Waals surface area contributed by atoms with Crippen molar-refractivity contribution in [3.8, 4) is 11.5 Å².